The molecule has 0 aliphatic heterocycles. The third-order valence-corrected chi connectivity index (χ3v) is 3.18. The highest BCUT2D eigenvalue weighted by Gasteiger charge is 1.99. The lowest BCUT2D eigenvalue weighted by Crippen LogP contribution is -2.29. The summed E-state index contributed by atoms with van der Waals surface area (Å²) >= 11 is 1.69. The van der Waals surface area contributed by atoms with Gasteiger partial charge in [0.1, 0.15) is 0 Å². The number of nitrogens with one attached hydrogen (secondary N) is 1. The lowest BCUT2D eigenvalue weighted by molar-refractivity contribution is -0.121. The van der Waals surface area contributed by atoms with Crippen molar-refractivity contribution in [3.8, 4) is 0 Å². The van der Waals surface area contributed by atoms with E-state index in [0.29, 0.717) is 6.42 Å². The fourth-order valence-electron chi connectivity index (χ4n) is 1.19. The first-order valence-electron chi connectivity index (χ1n) is 5.08. The molecule has 4 nitrogen and oxygen atoms in total. The normalized spacial score (nSPS) is 10.1. The van der Waals surface area contributed by atoms with Crippen LogP contribution in [0.4, 0.5) is 0 Å². The molecule has 0 saturated heterocycles. The Morgan fingerprint density at radius 1 is 1.38 bits per heavy atom. The summed E-state index contributed by atoms with van der Waals surface area (Å²) < 4.78 is 0. The van der Waals surface area contributed by atoms with Gasteiger partial charge in [-0.2, -0.15) is 0 Å². The molecule has 1 amide bonds. The fraction of sp³-hybridized carbons (Fsp3) is 0.364. The third-order valence-electron chi connectivity index (χ3n) is 2.08. The van der Waals surface area contributed by atoms with Gasteiger partial charge in [-0.3, -0.25) is 10.2 Å². The van der Waals surface area contributed by atoms with Gasteiger partial charge in [0.05, 0.1) is 6.61 Å². The Balaban J connectivity index is 2.24. The Bertz CT molecular complexity index is 327. The second-order valence-electron chi connectivity index (χ2n) is 3.32. The molecule has 0 unspecified atom stereocenters. The molecule has 1 aromatic carbocycles. The van der Waals surface area contributed by atoms with Crippen LogP contribution < -0.4 is 11.3 Å². The van der Waals surface area contributed by atoms with E-state index < -0.39 is 0 Å². The fourth-order valence-corrected chi connectivity index (χ4v) is 2.04. The van der Waals surface area contributed by atoms with E-state index in [1.807, 2.05) is 24.3 Å². The average Bonchev–Trinajstić information content (AvgIpc) is 2.35. The molecular weight excluding hydrogens is 224 g/mol. The maximum atomic E-state index is 10.8. The maximum Gasteiger partial charge on any atom is 0.233 e. The number of aliphatic hydroxyl groups is 1. The minimum Gasteiger partial charge on any atom is -0.392 e. The van der Waals surface area contributed by atoms with Gasteiger partial charge in [0, 0.05) is 11.3 Å². The van der Waals surface area contributed by atoms with Crippen molar-refractivity contribution >= 4 is 17.7 Å². The molecule has 1 aromatic rings. The molecule has 16 heavy (non-hydrogen) atoms. The summed E-state index contributed by atoms with van der Waals surface area (Å²) in [5.41, 5.74) is 3.01. The number of hydrazine groups is 1. The number of benzene rings is 1. The van der Waals surface area contributed by atoms with Crippen LogP contribution in [0.15, 0.2) is 29.2 Å². The zero-order chi connectivity index (χ0) is 11.8. The Morgan fingerprint density at radius 2 is 2.06 bits per heavy atom. The van der Waals surface area contributed by atoms with Gasteiger partial charge in [-0.15, -0.1) is 11.8 Å². The quantitative estimate of drug-likeness (QED) is 0.228. The molecular formula is C11H16N2O2S. The summed E-state index contributed by atoms with van der Waals surface area (Å²) in [6.45, 7) is 0.0710. The molecule has 0 aliphatic rings. The molecule has 0 spiro atoms. The van der Waals surface area contributed by atoms with Crippen LogP contribution in [0.5, 0.6) is 0 Å². The van der Waals surface area contributed by atoms with Crippen LogP contribution in [0.3, 0.4) is 0 Å². The van der Waals surface area contributed by atoms with E-state index >= 15 is 0 Å². The lowest BCUT2D eigenvalue weighted by Gasteiger charge is -2.02. The zero-order valence-corrected chi connectivity index (χ0v) is 9.80. The molecule has 0 saturated carbocycles. The zero-order valence-electron chi connectivity index (χ0n) is 8.98. The Hall–Kier alpha value is -1.04. The molecule has 0 aliphatic carbocycles. The van der Waals surface area contributed by atoms with E-state index in [0.717, 1.165) is 22.6 Å². The van der Waals surface area contributed by atoms with E-state index in [1.165, 1.54) is 0 Å². The highest BCUT2D eigenvalue weighted by molar-refractivity contribution is 7.99. The van der Waals surface area contributed by atoms with E-state index in [9.17, 15) is 4.79 Å². The molecule has 0 fully saturated rings. The van der Waals surface area contributed by atoms with Gasteiger partial charge >= 0.3 is 0 Å². The predicted molar refractivity (Wildman–Crippen MR) is 64.7 cm³/mol. The van der Waals surface area contributed by atoms with E-state index in [2.05, 4.69) is 5.43 Å². The molecule has 0 radical (unpaired) electrons. The predicted octanol–water partition coefficient (Wildman–Crippen LogP) is 1.04. The van der Waals surface area contributed by atoms with E-state index in [-0.39, 0.29) is 12.5 Å². The Labute approximate surface area is 99.2 Å². The second kappa shape index (κ2) is 7.27. The smallest absolute Gasteiger partial charge is 0.233 e. The van der Waals surface area contributed by atoms with Crippen molar-refractivity contribution in [3.63, 3.8) is 0 Å². The highest BCUT2D eigenvalue weighted by atomic mass is 32.2. The first-order chi connectivity index (χ1) is 7.76. The summed E-state index contributed by atoms with van der Waals surface area (Å²) in [5.74, 6) is 5.72. The standard InChI is InChI=1S/C11H16N2O2S/c12-13-11(15)2-1-7-16-10-5-3-9(8-14)4-6-10/h3-6,14H,1-2,7-8,12H2,(H,13,15). The molecule has 0 bridgehead atoms. The highest BCUT2D eigenvalue weighted by Crippen LogP contribution is 2.19. The van der Waals surface area contributed by atoms with Crippen molar-refractivity contribution in [2.75, 3.05) is 5.75 Å². The SMILES string of the molecule is NNC(=O)CCCSc1ccc(CO)cc1. The summed E-state index contributed by atoms with van der Waals surface area (Å²) in [6, 6.07) is 7.74. The first-order valence-corrected chi connectivity index (χ1v) is 6.07. The minimum atomic E-state index is -0.128. The maximum absolute atomic E-state index is 10.8. The van der Waals surface area contributed by atoms with Crippen molar-refractivity contribution in [1.82, 2.24) is 5.43 Å². The summed E-state index contributed by atoms with van der Waals surface area (Å²) in [7, 11) is 0. The number of rotatable bonds is 6. The van der Waals surface area contributed by atoms with Crippen LogP contribution in [0.25, 0.3) is 0 Å². The van der Waals surface area contributed by atoms with Crippen LogP contribution in [-0.4, -0.2) is 16.8 Å². The molecule has 1 rings (SSSR count). The number of hydrogen-bond acceptors (Lipinski definition) is 4. The first kappa shape index (κ1) is 13.0. The topological polar surface area (TPSA) is 75.3 Å². The van der Waals surface area contributed by atoms with E-state index in [4.69, 9.17) is 10.9 Å². The van der Waals surface area contributed by atoms with Gasteiger partial charge in [-0.25, -0.2) is 5.84 Å². The molecule has 0 aromatic heterocycles. The number of nitrogens with two attached hydrogens (primary N) is 1. The number of carbonyl (C=O) groups excluding carboxylic acids is 1. The molecule has 5 heteroatoms. The van der Waals surface area contributed by atoms with Crippen molar-refractivity contribution in [2.24, 2.45) is 5.84 Å². The summed E-state index contributed by atoms with van der Waals surface area (Å²) in [5, 5.41) is 8.87. The van der Waals surface area contributed by atoms with Gasteiger partial charge in [0.25, 0.3) is 0 Å². The van der Waals surface area contributed by atoms with Gasteiger partial charge < -0.3 is 5.11 Å². The van der Waals surface area contributed by atoms with Crippen LogP contribution in [0, 0.1) is 0 Å². The number of thioether (sulfide) groups is 1. The number of amides is 1. The van der Waals surface area contributed by atoms with Crippen molar-refractivity contribution in [3.05, 3.63) is 29.8 Å². The Morgan fingerprint density at radius 3 is 2.62 bits per heavy atom. The van der Waals surface area contributed by atoms with Gasteiger partial charge in [0.15, 0.2) is 0 Å². The van der Waals surface area contributed by atoms with Crippen LogP contribution in [0.1, 0.15) is 18.4 Å². The summed E-state index contributed by atoms with van der Waals surface area (Å²) in [6.07, 6.45) is 1.26. The third kappa shape index (κ3) is 4.65. The lowest BCUT2D eigenvalue weighted by atomic mass is 10.2. The minimum absolute atomic E-state index is 0.0710. The molecule has 0 atom stereocenters. The van der Waals surface area contributed by atoms with Crippen molar-refractivity contribution in [2.45, 2.75) is 24.3 Å². The van der Waals surface area contributed by atoms with Gasteiger partial charge in [-0.1, -0.05) is 12.1 Å². The van der Waals surface area contributed by atoms with Crippen molar-refractivity contribution < 1.29 is 9.90 Å². The number of hydrogen-bond donors (Lipinski definition) is 3. The summed E-state index contributed by atoms with van der Waals surface area (Å²) in [4.78, 5) is 12.0. The molecule has 0 heterocycles. The monoisotopic (exact) mass is 240 g/mol. The van der Waals surface area contributed by atoms with Crippen LogP contribution >= 0.6 is 11.8 Å². The van der Waals surface area contributed by atoms with Crippen molar-refractivity contribution in [1.29, 1.82) is 0 Å². The number of aliphatic hydroxyl groups excluding tert-OH is 1. The number of carbonyl (C=O) groups is 1. The van der Waals surface area contributed by atoms with Crippen LogP contribution in [0.2, 0.25) is 0 Å². The van der Waals surface area contributed by atoms with E-state index in [1.54, 1.807) is 11.8 Å². The average molecular weight is 240 g/mol. The Kier molecular flexibility index (Phi) is 5.92. The molecule has 88 valence electrons. The largest absolute Gasteiger partial charge is 0.392 e. The van der Waals surface area contributed by atoms with Gasteiger partial charge in [-0.05, 0) is 29.9 Å². The van der Waals surface area contributed by atoms with Gasteiger partial charge in [0.2, 0.25) is 5.91 Å². The van der Waals surface area contributed by atoms with Crippen LogP contribution in [-0.2, 0) is 11.4 Å². The second-order valence-corrected chi connectivity index (χ2v) is 4.49. The molecule has 4 N–H and O–H groups in total.